The Morgan fingerprint density at radius 1 is 1.47 bits per heavy atom. The molecule has 1 saturated carbocycles. The summed E-state index contributed by atoms with van der Waals surface area (Å²) in [6.07, 6.45) is 5.21. The van der Waals surface area contributed by atoms with Gasteiger partial charge in [0.25, 0.3) is 0 Å². The van der Waals surface area contributed by atoms with Gasteiger partial charge in [0.2, 0.25) is 5.91 Å². The van der Waals surface area contributed by atoms with Gasteiger partial charge in [-0.3, -0.25) is 4.79 Å². The largest absolute Gasteiger partial charge is 0.394 e. The van der Waals surface area contributed by atoms with E-state index in [1.807, 2.05) is 13.8 Å². The summed E-state index contributed by atoms with van der Waals surface area (Å²) in [4.78, 5) is 12.3. The van der Waals surface area contributed by atoms with E-state index in [0.29, 0.717) is 0 Å². The van der Waals surface area contributed by atoms with Crippen molar-refractivity contribution in [1.82, 2.24) is 5.32 Å². The lowest BCUT2D eigenvalue weighted by Gasteiger charge is -2.39. The Balaban J connectivity index is 2.69. The van der Waals surface area contributed by atoms with Crippen LogP contribution in [0.5, 0.6) is 0 Å². The SMILES string of the molecule is CCC(C)(CO)NC(=O)C1CCCCC1(C)C. The lowest BCUT2D eigenvalue weighted by Crippen LogP contribution is -2.53. The van der Waals surface area contributed by atoms with Gasteiger partial charge in [0.15, 0.2) is 0 Å². The fraction of sp³-hybridized carbons (Fsp3) is 0.929. The number of aliphatic hydroxyl groups excluding tert-OH is 1. The van der Waals surface area contributed by atoms with Crippen LogP contribution in [0.25, 0.3) is 0 Å². The standard InChI is InChI=1S/C14H27NO2/c1-5-14(4,10-16)15-12(17)11-8-6-7-9-13(11,2)3/h11,16H,5-10H2,1-4H3,(H,15,17). The number of aliphatic hydroxyl groups is 1. The highest BCUT2D eigenvalue weighted by atomic mass is 16.3. The second-order valence-corrected chi connectivity index (χ2v) is 6.35. The summed E-state index contributed by atoms with van der Waals surface area (Å²) in [6.45, 7) is 8.25. The lowest BCUT2D eigenvalue weighted by molar-refractivity contribution is -0.132. The fourth-order valence-electron chi connectivity index (χ4n) is 2.60. The predicted molar refractivity (Wildman–Crippen MR) is 69.7 cm³/mol. The monoisotopic (exact) mass is 241 g/mol. The van der Waals surface area contributed by atoms with Gasteiger partial charge in [0.1, 0.15) is 0 Å². The fourth-order valence-corrected chi connectivity index (χ4v) is 2.60. The van der Waals surface area contributed by atoms with Crippen LogP contribution in [-0.4, -0.2) is 23.2 Å². The highest BCUT2D eigenvalue weighted by molar-refractivity contribution is 5.80. The van der Waals surface area contributed by atoms with Gasteiger partial charge >= 0.3 is 0 Å². The van der Waals surface area contributed by atoms with Gasteiger partial charge in [0, 0.05) is 5.92 Å². The maximum atomic E-state index is 12.3. The highest BCUT2D eigenvalue weighted by Crippen LogP contribution is 2.40. The Morgan fingerprint density at radius 2 is 2.12 bits per heavy atom. The lowest BCUT2D eigenvalue weighted by atomic mass is 9.68. The molecule has 0 spiro atoms. The van der Waals surface area contributed by atoms with E-state index in [-0.39, 0.29) is 23.8 Å². The summed E-state index contributed by atoms with van der Waals surface area (Å²) in [5, 5.41) is 12.4. The third-order valence-corrected chi connectivity index (χ3v) is 4.38. The molecule has 1 rings (SSSR count). The van der Waals surface area contributed by atoms with Gasteiger partial charge in [-0.2, -0.15) is 0 Å². The number of carbonyl (C=O) groups is 1. The van der Waals surface area contributed by atoms with E-state index in [0.717, 1.165) is 25.7 Å². The topological polar surface area (TPSA) is 49.3 Å². The molecule has 0 bridgehead atoms. The van der Waals surface area contributed by atoms with Crippen molar-refractivity contribution in [2.75, 3.05) is 6.61 Å². The number of hydrogen-bond donors (Lipinski definition) is 2. The molecule has 1 fully saturated rings. The van der Waals surface area contributed by atoms with Crippen LogP contribution in [0.2, 0.25) is 0 Å². The Hall–Kier alpha value is -0.570. The Bertz CT molecular complexity index is 269. The summed E-state index contributed by atoms with van der Waals surface area (Å²) in [6, 6.07) is 0. The van der Waals surface area contributed by atoms with Crippen LogP contribution >= 0.6 is 0 Å². The average molecular weight is 241 g/mol. The van der Waals surface area contributed by atoms with E-state index >= 15 is 0 Å². The molecule has 1 aliphatic carbocycles. The molecule has 17 heavy (non-hydrogen) atoms. The minimum absolute atomic E-state index is 0.00237. The molecule has 0 saturated heterocycles. The molecule has 0 aromatic heterocycles. The van der Waals surface area contributed by atoms with Crippen LogP contribution in [-0.2, 0) is 4.79 Å². The molecule has 0 aliphatic heterocycles. The predicted octanol–water partition coefficient (Wildman–Crippen LogP) is 2.48. The molecule has 2 atom stereocenters. The second-order valence-electron chi connectivity index (χ2n) is 6.35. The van der Waals surface area contributed by atoms with E-state index < -0.39 is 5.54 Å². The molecule has 3 heteroatoms. The summed E-state index contributed by atoms with van der Waals surface area (Å²) in [5.41, 5.74) is -0.378. The number of hydrogen-bond acceptors (Lipinski definition) is 2. The van der Waals surface area contributed by atoms with Crippen molar-refractivity contribution in [3.05, 3.63) is 0 Å². The highest BCUT2D eigenvalue weighted by Gasteiger charge is 2.39. The van der Waals surface area contributed by atoms with Crippen molar-refractivity contribution in [2.45, 2.75) is 65.3 Å². The van der Waals surface area contributed by atoms with Crippen LogP contribution in [0.4, 0.5) is 0 Å². The molecule has 0 aromatic rings. The van der Waals surface area contributed by atoms with E-state index in [1.54, 1.807) is 0 Å². The van der Waals surface area contributed by atoms with Gasteiger partial charge in [-0.05, 0) is 31.6 Å². The minimum atomic E-state index is -0.468. The van der Waals surface area contributed by atoms with E-state index in [2.05, 4.69) is 19.2 Å². The van der Waals surface area contributed by atoms with Crippen LogP contribution in [0.3, 0.4) is 0 Å². The maximum absolute atomic E-state index is 12.3. The normalized spacial score (nSPS) is 27.2. The Kier molecular flexibility index (Phi) is 4.59. The molecule has 0 radical (unpaired) electrons. The molecular formula is C14H27NO2. The summed E-state index contributed by atoms with van der Waals surface area (Å²) in [7, 11) is 0. The molecule has 1 aliphatic rings. The van der Waals surface area contributed by atoms with Crippen LogP contribution in [0, 0.1) is 11.3 Å². The Labute approximate surface area is 105 Å². The second kappa shape index (κ2) is 5.38. The smallest absolute Gasteiger partial charge is 0.224 e. The van der Waals surface area contributed by atoms with Crippen molar-refractivity contribution < 1.29 is 9.90 Å². The first-order valence-electron chi connectivity index (χ1n) is 6.77. The molecule has 100 valence electrons. The zero-order chi connectivity index (χ0) is 13.1. The number of rotatable bonds is 4. The maximum Gasteiger partial charge on any atom is 0.224 e. The zero-order valence-corrected chi connectivity index (χ0v) is 11.7. The zero-order valence-electron chi connectivity index (χ0n) is 11.7. The van der Waals surface area contributed by atoms with Crippen molar-refractivity contribution in [2.24, 2.45) is 11.3 Å². The summed E-state index contributed by atoms with van der Waals surface area (Å²) in [5.74, 6) is 0.210. The minimum Gasteiger partial charge on any atom is -0.394 e. The first kappa shape index (κ1) is 14.5. The van der Waals surface area contributed by atoms with Gasteiger partial charge in [-0.25, -0.2) is 0 Å². The molecule has 1 amide bonds. The first-order chi connectivity index (χ1) is 7.84. The summed E-state index contributed by atoms with van der Waals surface area (Å²) < 4.78 is 0. The van der Waals surface area contributed by atoms with Gasteiger partial charge in [-0.1, -0.05) is 33.6 Å². The van der Waals surface area contributed by atoms with Crippen LogP contribution in [0.15, 0.2) is 0 Å². The van der Waals surface area contributed by atoms with Gasteiger partial charge in [0.05, 0.1) is 12.1 Å². The third-order valence-electron chi connectivity index (χ3n) is 4.38. The van der Waals surface area contributed by atoms with Crippen molar-refractivity contribution in [3.63, 3.8) is 0 Å². The Morgan fingerprint density at radius 3 is 2.59 bits per heavy atom. The van der Waals surface area contributed by atoms with E-state index in [9.17, 15) is 9.90 Å². The van der Waals surface area contributed by atoms with Crippen LogP contribution in [0.1, 0.15) is 59.8 Å². The molecule has 0 aromatic carbocycles. The molecule has 2 N–H and O–H groups in total. The van der Waals surface area contributed by atoms with Crippen molar-refractivity contribution in [3.8, 4) is 0 Å². The molecule has 0 heterocycles. The quantitative estimate of drug-likeness (QED) is 0.794. The first-order valence-corrected chi connectivity index (χ1v) is 6.77. The average Bonchev–Trinajstić information content (AvgIpc) is 2.28. The van der Waals surface area contributed by atoms with Gasteiger partial charge in [-0.15, -0.1) is 0 Å². The van der Waals surface area contributed by atoms with E-state index in [1.165, 1.54) is 6.42 Å². The molecule has 2 unspecified atom stereocenters. The third kappa shape index (κ3) is 3.44. The van der Waals surface area contributed by atoms with Crippen molar-refractivity contribution >= 4 is 5.91 Å². The number of carbonyl (C=O) groups excluding carboxylic acids is 1. The summed E-state index contributed by atoms with van der Waals surface area (Å²) >= 11 is 0. The molecular weight excluding hydrogens is 214 g/mol. The number of amides is 1. The van der Waals surface area contributed by atoms with Crippen molar-refractivity contribution in [1.29, 1.82) is 0 Å². The van der Waals surface area contributed by atoms with E-state index in [4.69, 9.17) is 0 Å². The van der Waals surface area contributed by atoms with Crippen LogP contribution < -0.4 is 5.32 Å². The number of nitrogens with one attached hydrogen (secondary N) is 1. The van der Waals surface area contributed by atoms with Gasteiger partial charge < -0.3 is 10.4 Å². The molecule has 3 nitrogen and oxygen atoms in total.